The molecule has 4 N–H and O–H groups in total. The number of nitrogens with two attached hydrogens (primary N) is 1. The van der Waals surface area contributed by atoms with Crippen LogP contribution >= 0.6 is 0 Å². The van der Waals surface area contributed by atoms with Crippen molar-refractivity contribution in [2.45, 2.75) is 19.8 Å². The number of aromatic nitrogens is 2. The molecule has 0 fully saturated rings. The van der Waals surface area contributed by atoms with Crippen LogP contribution in [0.2, 0.25) is 0 Å². The molecule has 0 aliphatic heterocycles. The van der Waals surface area contributed by atoms with Gasteiger partial charge < -0.3 is 21.1 Å². The molecule has 0 unspecified atom stereocenters. The van der Waals surface area contributed by atoms with Gasteiger partial charge in [-0.05, 0) is 5.92 Å². The van der Waals surface area contributed by atoms with Gasteiger partial charge in [0.2, 0.25) is 5.91 Å². The third-order valence-corrected chi connectivity index (χ3v) is 2.70. The van der Waals surface area contributed by atoms with Gasteiger partial charge in [-0.3, -0.25) is 9.48 Å². The Morgan fingerprint density at radius 2 is 2.21 bits per heavy atom. The average Bonchev–Trinajstić information content (AvgIpc) is 2.63. The van der Waals surface area contributed by atoms with E-state index in [2.05, 4.69) is 15.7 Å². The minimum Gasteiger partial charge on any atom is -0.394 e. The lowest BCUT2D eigenvalue weighted by atomic mass is 10.1. The van der Waals surface area contributed by atoms with Crippen LogP contribution in [0.4, 0.5) is 11.5 Å². The zero-order valence-corrected chi connectivity index (χ0v) is 12.0. The van der Waals surface area contributed by atoms with Crippen molar-refractivity contribution in [1.29, 1.82) is 0 Å². The van der Waals surface area contributed by atoms with Crippen LogP contribution in [0.1, 0.15) is 25.5 Å². The molecule has 0 aliphatic carbocycles. The van der Waals surface area contributed by atoms with Gasteiger partial charge in [0.25, 0.3) is 0 Å². The zero-order chi connectivity index (χ0) is 14.4. The van der Waals surface area contributed by atoms with Crippen molar-refractivity contribution in [2.24, 2.45) is 7.05 Å². The first-order chi connectivity index (χ1) is 8.97. The molecule has 0 spiro atoms. The highest BCUT2D eigenvalue weighted by molar-refractivity contribution is 5.81. The molecule has 1 rings (SSSR count). The summed E-state index contributed by atoms with van der Waals surface area (Å²) >= 11 is 0. The predicted molar refractivity (Wildman–Crippen MR) is 75.1 cm³/mol. The monoisotopic (exact) mass is 269 g/mol. The van der Waals surface area contributed by atoms with Crippen molar-refractivity contribution in [1.82, 2.24) is 15.1 Å². The van der Waals surface area contributed by atoms with E-state index in [0.717, 1.165) is 5.69 Å². The minimum atomic E-state index is -0.108. The molecule has 108 valence electrons. The quantitative estimate of drug-likeness (QED) is 0.619. The average molecular weight is 269 g/mol. The van der Waals surface area contributed by atoms with E-state index in [1.807, 2.05) is 13.8 Å². The van der Waals surface area contributed by atoms with E-state index in [-0.39, 0.29) is 18.4 Å². The first-order valence-corrected chi connectivity index (χ1v) is 6.29. The van der Waals surface area contributed by atoms with Crippen molar-refractivity contribution in [3.63, 3.8) is 0 Å². The number of carbonyl (C=O) groups excluding carboxylic acids is 1. The van der Waals surface area contributed by atoms with Gasteiger partial charge in [0.15, 0.2) is 0 Å². The topological polar surface area (TPSA) is 94.2 Å². The Kier molecular flexibility index (Phi) is 5.62. The number of nitrogens with zero attached hydrogens (tertiary/aromatic N) is 2. The molecule has 0 saturated carbocycles. The summed E-state index contributed by atoms with van der Waals surface area (Å²) in [5.74, 6) is 0.812. The highest BCUT2D eigenvalue weighted by Crippen LogP contribution is 2.27. The Morgan fingerprint density at radius 1 is 1.53 bits per heavy atom. The molecule has 1 aromatic heterocycles. The number of anilines is 2. The van der Waals surface area contributed by atoms with Crippen molar-refractivity contribution in [3.8, 4) is 0 Å². The molecular weight excluding hydrogens is 246 g/mol. The fourth-order valence-electron chi connectivity index (χ4n) is 1.72. The van der Waals surface area contributed by atoms with E-state index >= 15 is 0 Å². The Labute approximate surface area is 113 Å². The van der Waals surface area contributed by atoms with Crippen LogP contribution < -0.4 is 16.4 Å². The molecular formula is C12H23N5O2. The molecule has 0 aliphatic rings. The van der Waals surface area contributed by atoms with E-state index in [4.69, 9.17) is 10.5 Å². The van der Waals surface area contributed by atoms with Crippen molar-refractivity contribution in [3.05, 3.63) is 5.69 Å². The van der Waals surface area contributed by atoms with Gasteiger partial charge in [-0.15, -0.1) is 0 Å². The maximum atomic E-state index is 11.6. The first-order valence-electron chi connectivity index (χ1n) is 6.29. The second kappa shape index (κ2) is 6.98. The maximum absolute atomic E-state index is 11.6. The summed E-state index contributed by atoms with van der Waals surface area (Å²) in [6.07, 6.45) is 0. The van der Waals surface area contributed by atoms with Gasteiger partial charge in [-0.2, -0.15) is 5.10 Å². The second-order valence-electron chi connectivity index (χ2n) is 4.62. The number of hydrogen-bond acceptors (Lipinski definition) is 5. The number of rotatable bonds is 7. The summed E-state index contributed by atoms with van der Waals surface area (Å²) in [5.41, 5.74) is 7.45. The highest BCUT2D eigenvalue weighted by atomic mass is 16.5. The first kappa shape index (κ1) is 15.3. The predicted octanol–water partition coefficient (Wildman–Crippen LogP) is 0.300. The van der Waals surface area contributed by atoms with E-state index in [1.54, 1.807) is 18.8 Å². The Morgan fingerprint density at radius 3 is 2.74 bits per heavy atom. The summed E-state index contributed by atoms with van der Waals surface area (Å²) in [6, 6.07) is 0. The van der Waals surface area contributed by atoms with Gasteiger partial charge in [-0.25, -0.2) is 0 Å². The van der Waals surface area contributed by atoms with Gasteiger partial charge in [0.05, 0.1) is 24.5 Å². The summed E-state index contributed by atoms with van der Waals surface area (Å²) < 4.78 is 6.51. The van der Waals surface area contributed by atoms with Gasteiger partial charge >= 0.3 is 0 Å². The number of amides is 1. The Balaban J connectivity index is 2.56. The van der Waals surface area contributed by atoms with Crippen LogP contribution in [0.15, 0.2) is 0 Å². The zero-order valence-electron chi connectivity index (χ0n) is 12.0. The number of methoxy groups -OCH3 is 1. The summed E-state index contributed by atoms with van der Waals surface area (Å²) in [4.78, 5) is 11.6. The second-order valence-corrected chi connectivity index (χ2v) is 4.62. The van der Waals surface area contributed by atoms with E-state index in [0.29, 0.717) is 24.7 Å². The third kappa shape index (κ3) is 4.13. The fraction of sp³-hybridized carbons (Fsp3) is 0.667. The normalized spacial score (nSPS) is 10.8. The molecule has 0 aromatic carbocycles. The summed E-state index contributed by atoms with van der Waals surface area (Å²) in [7, 11) is 3.39. The van der Waals surface area contributed by atoms with Gasteiger partial charge in [0.1, 0.15) is 5.82 Å². The SMILES string of the molecule is COCCNC(=O)CNc1c(N)c(C(C)C)nn1C. The van der Waals surface area contributed by atoms with Crippen molar-refractivity contribution >= 4 is 17.4 Å². The molecule has 0 saturated heterocycles. The number of nitrogens with one attached hydrogen (secondary N) is 2. The van der Waals surface area contributed by atoms with Crippen LogP contribution in [0.25, 0.3) is 0 Å². The smallest absolute Gasteiger partial charge is 0.239 e. The van der Waals surface area contributed by atoms with Crippen LogP contribution in [0, 0.1) is 0 Å². The molecule has 7 heteroatoms. The standard InChI is InChI=1S/C12H23N5O2/c1-8(2)11-10(13)12(17(3)16-11)15-7-9(18)14-5-6-19-4/h8,15H,5-7,13H2,1-4H3,(H,14,18). The molecule has 0 bridgehead atoms. The molecule has 7 nitrogen and oxygen atoms in total. The summed E-state index contributed by atoms with van der Waals surface area (Å²) in [5, 5.41) is 10.1. The van der Waals surface area contributed by atoms with E-state index < -0.39 is 0 Å². The lowest BCUT2D eigenvalue weighted by Crippen LogP contribution is -2.32. The van der Waals surface area contributed by atoms with Gasteiger partial charge in [-0.1, -0.05) is 13.8 Å². The molecule has 0 radical (unpaired) electrons. The molecule has 0 atom stereocenters. The third-order valence-electron chi connectivity index (χ3n) is 2.70. The molecule has 1 heterocycles. The fourth-order valence-corrected chi connectivity index (χ4v) is 1.72. The van der Waals surface area contributed by atoms with E-state index in [1.165, 1.54) is 0 Å². The van der Waals surface area contributed by atoms with E-state index in [9.17, 15) is 4.79 Å². The van der Waals surface area contributed by atoms with Crippen LogP contribution in [0.3, 0.4) is 0 Å². The van der Waals surface area contributed by atoms with Crippen molar-refractivity contribution in [2.75, 3.05) is 37.9 Å². The number of hydrogen-bond donors (Lipinski definition) is 3. The Hall–Kier alpha value is -1.76. The molecule has 1 amide bonds. The number of ether oxygens (including phenoxy) is 1. The van der Waals surface area contributed by atoms with Gasteiger partial charge in [0, 0.05) is 20.7 Å². The Bertz CT molecular complexity index is 428. The maximum Gasteiger partial charge on any atom is 0.239 e. The highest BCUT2D eigenvalue weighted by Gasteiger charge is 2.16. The van der Waals surface area contributed by atoms with Crippen LogP contribution in [0.5, 0.6) is 0 Å². The molecule has 1 aromatic rings. The minimum absolute atomic E-state index is 0.108. The number of nitrogen functional groups attached to an aromatic ring is 1. The lowest BCUT2D eigenvalue weighted by Gasteiger charge is -2.08. The molecule has 19 heavy (non-hydrogen) atoms. The number of carbonyl (C=O) groups is 1. The van der Waals surface area contributed by atoms with Crippen LogP contribution in [-0.4, -0.2) is 42.5 Å². The largest absolute Gasteiger partial charge is 0.394 e. The van der Waals surface area contributed by atoms with Crippen molar-refractivity contribution < 1.29 is 9.53 Å². The lowest BCUT2D eigenvalue weighted by molar-refractivity contribution is -0.119. The number of aryl methyl sites for hydroxylation is 1. The van der Waals surface area contributed by atoms with Crippen LogP contribution in [-0.2, 0) is 16.6 Å². The summed E-state index contributed by atoms with van der Waals surface area (Å²) in [6.45, 7) is 5.21.